The van der Waals surface area contributed by atoms with Crippen molar-refractivity contribution in [3.05, 3.63) is 41.7 Å². The molecule has 1 aromatic carbocycles. The van der Waals surface area contributed by atoms with E-state index in [9.17, 15) is 9.59 Å². The largest absolute Gasteiger partial charge is 0.497 e. The summed E-state index contributed by atoms with van der Waals surface area (Å²) in [5, 5.41) is 6.42. The van der Waals surface area contributed by atoms with Gasteiger partial charge in [-0.2, -0.15) is 0 Å². The van der Waals surface area contributed by atoms with E-state index in [-0.39, 0.29) is 18.4 Å². The van der Waals surface area contributed by atoms with Crippen molar-refractivity contribution in [3.63, 3.8) is 0 Å². The van der Waals surface area contributed by atoms with E-state index in [0.29, 0.717) is 49.2 Å². The van der Waals surface area contributed by atoms with Crippen LogP contribution in [0.1, 0.15) is 16.1 Å². The Hall–Kier alpha value is -2.91. The lowest BCUT2D eigenvalue weighted by Crippen LogP contribution is -2.45. The molecule has 2 heterocycles. The molecule has 9 heteroatoms. The van der Waals surface area contributed by atoms with E-state index < -0.39 is 0 Å². The van der Waals surface area contributed by atoms with Gasteiger partial charge < -0.3 is 24.2 Å². The van der Waals surface area contributed by atoms with E-state index >= 15 is 0 Å². The number of hydrogen-bond donors (Lipinski definition) is 1. The first-order valence-corrected chi connectivity index (χ1v) is 9.52. The Bertz CT molecular complexity index is 832. The van der Waals surface area contributed by atoms with Gasteiger partial charge in [0.15, 0.2) is 5.82 Å². The number of morpholine rings is 1. The topological polar surface area (TPSA) is 97.1 Å². The Labute approximate surface area is 169 Å². The number of aryl methyl sites for hydroxylation is 1. The molecule has 1 aliphatic rings. The Morgan fingerprint density at radius 1 is 1.28 bits per heavy atom. The van der Waals surface area contributed by atoms with Gasteiger partial charge in [-0.15, -0.1) is 0 Å². The number of methoxy groups -OCH3 is 1. The van der Waals surface area contributed by atoms with Crippen molar-refractivity contribution in [2.24, 2.45) is 0 Å². The minimum absolute atomic E-state index is 0.0910. The van der Waals surface area contributed by atoms with Crippen LogP contribution in [0.5, 0.6) is 5.75 Å². The molecule has 0 radical (unpaired) electrons. The van der Waals surface area contributed by atoms with Gasteiger partial charge in [0, 0.05) is 37.8 Å². The molecule has 2 amide bonds. The van der Waals surface area contributed by atoms with Gasteiger partial charge in [-0.05, 0) is 25.1 Å². The van der Waals surface area contributed by atoms with E-state index in [1.165, 1.54) is 4.90 Å². The third-order valence-electron chi connectivity index (χ3n) is 4.62. The van der Waals surface area contributed by atoms with Crippen LogP contribution in [0.25, 0.3) is 0 Å². The molecule has 0 saturated carbocycles. The number of amides is 2. The molecule has 1 aromatic heterocycles. The average Bonchev–Trinajstić information content (AvgIpc) is 3.15. The predicted molar refractivity (Wildman–Crippen MR) is 106 cm³/mol. The molecule has 29 heavy (non-hydrogen) atoms. The van der Waals surface area contributed by atoms with Gasteiger partial charge in [-0.3, -0.25) is 14.5 Å². The van der Waals surface area contributed by atoms with E-state index in [2.05, 4.69) is 15.4 Å². The maximum Gasteiger partial charge on any atom is 0.254 e. The van der Waals surface area contributed by atoms with Crippen LogP contribution in [0.4, 0.5) is 5.82 Å². The molecule has 1 fully saturated rings. The van der Waals surface area contributed by atoms with E-state index in [1.807, 2.05) is 0 Å². The molecular weight excluding hydrogens is 376 g/mol. The number of rotatable bonds is 8. The molecular formula is C20H26N4O5. The Balaban J connectivity index is 1.68. The first-order valence-electron chi connectivity index (χ1n) is 9.52. The van der Waals surface area contributed by atoms with Crippen molar-refractivity contribution in [1.82, 2.24) is 15.0 Å². The highest BCUT2D eigenvalue weighted by Crippen LogP contribution is 2.15. The Morgan fingerprint density at radius 2 is 2.07 bits per heavy atom. The SMILES string of the molecule is COc1cccc(C(=O)N(CCN2CCOCC2)CC(=O)Nc2cc(C)on2)c1. The smallest absolute Gasteiger partial charge is 0.254 e. The molecule has 1 saturated heterocycles. The van der Waals surface area contributed by atoms with Gasteiger partial charge in [-0.25, -0.2) is 0 Å². The lowest BCUT2D eigenvalue weighted by Gasteiger charge is -2.30. The van der Waals surface area contributed by atoms with Gasteiger partial charge in [0.1, 0.15) is 18.1 Å². The molecule has 2 aromatic rings. The molecule has 1 aliphatic heterocycles. The molecule has 156 valence electrons. The summed E-state index contributed by atoms with van der Waals surface area (Å²) in [4.78, 5) is 29.3. The number of aromatic nitrogens is 1. The molecule has 3 rings (SSSR count). The summed E-state index contributed by atoms with van der Waals surface area (Å²) in [6.07, 6.45) is 0. The minimum atomic E-state index is -0.337. The van der Waals surface area contributed by atoms with Gasteiger partial charge in [-0.1, -0.05) is 11.2 Å². The number of carbonyl (C=O) groups is 2. The Morgan fingerprint density at radius 3 is 2.76 bits per heavy atom. The highest BCUT2D eigenvalue weighted by atomic mass is 16.5. The number of hydrogen-bond acceptors (Lipinski definition) is 7. The lowest BCUT2D eigenvalue weighted by atomic mass is 10.2. The number of nitrogens with zero attached hydrogens (tertiary/aromatic N) is 3. The summed E-state index contributed by atoms with van der Waals surface area (Å²) in [5.41, 5.74) is 0.469. The highest BCUT2D eigenvalue weighted by molar-refractivity contribution is 5.99. The number of ether oxygens (including phenoxy) is 2. The van der Waals surface area contributed by atoms with Crippen LogP contribution < -0.4 is 10.1 Å². The van der Waals surface area contributed by atoms with Crippen LogP contribution in [0.15, 0.2) is 34.9 Å². The zero-order chi connectivity index (χ0) is 20.6. The molecule has 9 nitrogen and oxygen atoms in total. The van der Waals surface area contributed by atoms with Crippen LogP contribution in [-0.2, 0) is 9.53 Å². The third kappa shape index (κ3) is 6.03. The maximum absolute atomic E-state index is 13.1. The summed E-state index contributed by atoms with van der Waals surface area (Å²) >= 11 is 0. The van der Waals surface area contributed by atoms with Crippen LogP contribution >= 0.6 is 0 Å². The summed E-state index contributed by atoms with van der Waals surface area (Å²) in [6, 6.07) is 8.53. The van der Waals surface area contributed by atoms with E-state index in [4.69, 9.17) is 14.0 Å². The predicted octanol–water partition coefficient (Wildman–Crippen LogP) is 1.40. The minimum Gasteiger partial charge on any atom is -0.497 e. The maximum atomic E-state index is 13.1. The molecule has 0 bridgehead atoms. The second-order valence-corrected chi connectivity index (χ2v) is 6.78. The number of benzene rings is 1. The van der Waals surface area contributed by atoms with Crippen LogP contribution in [0.3, 0.4) is 0 Å². The van der Waals surface area contributed by atoms with Crippen molar-refractivity contribution in [2.45, 2.75) is 6.92 Å². The van der Waals surface area contributed by atoms with Gasteiger partial charge >= 0.3 is 0 Å². The third-order valence-corrected chi connectivity index (χ3v) is 4.62. The number of carbonyl (C=O) groups excluding carboxylic acids is 2. The summed E-state index contributed by atoms with van der Waals surface area (Å²) in [6.45, 7) is 5.70. The Kier molecular flexibility index (Phi) is 7.20. The second-order valence-electron chi connectivity index (χ2n) is 6.78. The standard InChI is InChI=1S/C20H26N4O5/c1-15-12-18(22-29-15)21-19(25)14-24(7-6-23-8-10-28-11-9-23)20(26)16-4-3-5-17(13-16)27-2/h3-5,12-13H,6-11,14H2,1-2H3,(H,21,22,25). The molecule has 0 spiro atoms. The van der Waals surface area contributed by atoms with Crippen molar-refractivity contribution in [2.75, 3.05) is 58.4 Å². The fraction of sp³-hybridized carbons (Fsp3) is 0.450. The number of anilines is 1. The zero-order valence-corrected chi connectivity index (χ0v) is 16.7. The molecule has 0 atom stereocenters. The first-order chi connectivity index (χ1) is 14.0. The molecule has 0 unspecified atom stereocenters. The van der Waals surface area contributed by atoms with Crippen LogP contribution in [-0.4, -0.2) is 79.8 Å². The summed E-state index contributed by atoms with van der Waals surface area (Å²) in [7, 11) is 1.55. The van der Waals surface area contributed by atoms with E-state index in [1.54, 1.807) is 44.4 Å². The fourth-order valence-corrected chi connectivity index (χ4v) is 3.06. The first kappa shape index (κ1) is 20.8. The fourth-order valence-electron chi connectivity index (χ4n) is 3.06. The van der Waals surface area contributed by atoms with E-state index in [0.717, 1.165) is 13.1 Å². The van der Waals surface area contributed by atoms with Gasteiger partial charge in [0.25, 0.3) is 5.91 Å². The molecule has 0 aliphatic carbocycles. The average molecular weight is 402 g/mol. The molecule has 1 N–H and O–H groups in total. The second kappa shape index (κ2) is 10.0. The quantitative estimate of drug-likeness (QED) is 0.713. The van der Waals surface area contributed by atoms with Crippen LogP contribution in [0, 0.1) is 6.92 Å². The van der Waals surface area contributed by atoms with Crippen molar-refractivity contribution in [3.8, 4) is 5.75 Å². The lowest BCUT2D eigenvalue weighted by molar-refractivity contribution is -0.117. The summed E-state index contributed by atoms with van der Waals surface area (Å²) < 4.78 is 15.5. The van der Waals surface area contributed by atoms with Crippen LogP contribution in [0.2, 0.25) is 0 Å². The van der Waals surface area contributed by atoms with Crippen molar-refractivity contribution < 1.29 is 23.6 Å². The highest BCUT2D eigenvalue weighted by Gasteiger charge is 2.21. The monoisotopic (exact) mass is 402 g/mol. The number of nitrogens with one attached hydrogen (secondary N) is 1. The zero-order valence-electron chi connectivity index (χ0n) is 16.7. The normalized spacial score (nSPS) is 14.4. The van der Waals surface area contributed by atoms with Gasteiger partial charge in [0.05, 0.1) is 20.3 Å². The summed E-state index contributed by atoms with van der Waals surface area (Å²) in [5.74, 6) is 0.943. The van der Waals surface area contributed by atoms with Gasteiger partial charge in [0.2, 0.25) is 5.91 Å². The van der Waals surface area contributed by atoms with Crippen molar-refractivity contribution in [1.29, 1.82) is 0 Å². The van der Waals surface area contributed by atoms with Crippen molar-refractivity contribution >= 4 is 17.6 Å².